The van der Waals surface area contributed by atoms with Gasteiger partial charge in [-0.2, -0.15) is 0 Å². The van der Waals surface area contributed by atoms with Gasteiger partial charge in [0, 0.05) is 17.7 Å². The first-order valence-corrected chi connectivity index (χ1v) is 6.77. The van der Waals surface area contributed by atoms with Crippen molar-refractivity contribution in [3.63, 3.8) is 0 Å². The van der Waals surface area contributed by atoms with E-state index in [9.17, 15) is 0 Å². The molecule has 0 radical (unpaired) electrons. The third-order valence-corrected chi connectivity index (χ3v) is 3.66. The van der Waals surface area contributed by atoms with Crippen LogP contribution in [-0.4, -0.2) is 13.7 Å². The summed E-state index contributed by atoms with van der Waals surface area (Å²) in [6, 6.07) is 5.84. The lowest BCUT2D eigenvalue weighted by molar-refractivity contribution is 0.248. The molecule has 0 bridgehead atoms. The van der Waals surface area contributed by atoms with Crippen molar-refractivity contribution < 1.29 is 9.47 Å². The molecule has 0 unspecified atom stereocenters. The lowest BCUT2D eigenvalue weighted by Gasteiger charge is -2.17. The highest BCUT2D eigenvalue weighted by molar-refractivity contribution is 5.42. The average molecular weight is 249 g/mol. The summed E-state index contributed by atoms with van der Waals surface area (Å²) in [5.41, 5.74) is 7.02. The predicted molar refractivity (Wildman–Crippen MR) is 73.0 cm³/mol. The molecule has 1 fully saturated rings. The van der Waals surface area contributed by atoms with Gasteiger partial charge in [-0.15, -0.1) is 0 Å². The Kier molecular flexibility index (Phi) is 4.48. The van der Waals surface area contributed by atoms with Crippen molar-refractivity contribution in [2.45, 2.75) is 38.6 Å². The summed E-state index contributed by atoms with van der Waals surface area (Å²) in [6.45, 7) is 2.77. The van der Waals surface area contributed by atoms with Crippen LogP contribution in [0.2, 0.25) is 0 Å². The molecule has 0 saturated heterocycles. The molecule has 0 spiro atoms. The minimum Gasteiger partial charge on any atom is -0.497 e. The maximum absolute atomic E-state index is 5.97. The van der Waals surface area contributed by atoms with Crippen LogP contribution < -0.4 is 15.2 Å². The molecule has 18 heavy (non-hydrogen) atoms. The van der Waals surface area contributed by atoms with Gasteiger partial charge in [-0.25, -0.2) is 0 Å². The molecule has 3 nitrogen and oxygen atoms in total. The first-order chi connectivity index (χ1) is 8.70. The second-order valence-electron chi connectivity index (χ2n) is 5.15. The number of rotatable bonds is 5. The summed E-state index contributed by atoms with van der Waals surface area (Å²) < 4.78 is 11.2. The minimum atomic E-state index is -0.0190. The fourth-order valence-electron chi connectivity index (χ4n) is 2.53. The van der Waals surface area contributed by atoms with E-state index in [0.717, 1.165) is 23.7 Å². The minimum absolute atomic E-state index is 0.0190. The standard InChI is InChI=1S/C15H23NO2/c1-11(16)14-8-7-13(17-2)9-15(14)18-10-12-5-3-4-6-12/h7-9,11-12H,3-6,10,16H2,1-2H3/t11-/m0/s1. The summed E-state index contributed by atoms with van der Waals surface area (Å²) in [6.07, 6.45) is 5.26. The molecule has 1 aromatic rings. The van der Waals surface area contributed by atoms with Crippen molar-refractivity contribution in [3.05, 3.63) is 23.8 Å². The van der Waals surface area contributed by atoms with Gasteiger partial charge in [0.15, 0.2) is 0 Å². The van der Waals surface area contributed by atoms with Crippen molar-refractivity contribution in [2.24, 2.45) is 11.7 Å². The summed E-state index contributed by atoms with van der Waals surface area (Å²) in [5.74, 6) is 2.40. The van der Waals surface area contributed by atoms with E-state index >= 15 is 0 Å². The Bertz CT molecular complexity index is 384. The van der Waals surface area contributed by atoms with Crippen LogP contribution in [0.25, 0.3) is 0 Å². The van der Waals surface area contributed by atoms with Crippen LogP contribution in [0.1, 0.15) is 44.2 Å². The Labute approximate surface area is 109 Å². The number of methoxy groups -OCH3 is 1. The Morgan fingerprint density at radius 3 is 2.67 bits per heavy atom. The molecule has 2 rings (SSSR count). The highest BCUT2D eigenvalue weighted by Crippen LogP contribution is 2.31. The molecule has 0 aromatic heterocycles. The van der Waals surface area contributed by atoms with E-state index in [1.54, 1.807) is 7.11 Å². The zero-order valence-electron chi connectivity index (χ0n) is 11.3. The van der Waals surface area contributed by atoms with Gasteiger partial charge < -0.3 is 15.2 Å². The Balaban J connectivity index is 2.07. The van der Waals surface area contributed by atoms with Crippen LogP contribution in [0.4, 0.5) is 0 Å². The topological polar surface area (TPSA) is 44.5 Å². The summed E-state index contributed by atoms with van der Waals surface area (Å²) in [4.78, 5) is 0. The van der Waals surface area contributed by atoms with Crippen molar-refractivity contribution in [1.82, 2.24) is 0 Å². The zero-order valence-corrected chi connectivity index (χ0v) is 11.3. The second kappa shape index (κ2) is 6.10. The molecule has 0 heterocycles. The van der Waals surface area contributed by atoms with Crippen LogP contribution in [0.5, 0.6) is 11.5 Å². The van der Waals surface area contributed by atoms with E-state index in [2.05, 4.69) is 0 Å². The monoisotopic (exact) mass is 249 g/mol. The average Bonchev–Trinajstić information content (AvgIpc) is 2.88. The summed E-state index contributed by atoms with van der Waals surface area (Å²) >= 11 is 0. The van der Waals surface area contributed by atoms with E-state index in [1.807, 2.05) is 25.1 Å². The molecule has 3 heteroatoms. The van der Waals surface area contributed by atoms with Crippen molar-refractivity contribution in [1.29, 1.82) is 0 Å². The van der Waals surface area contributed by atoms with E-state index < -0.39 is 0 Å². The first kappa shape index (κ1) is 13.2. The molecule has 0 aliphatic heterocycles. The van der Waals surface area contributed by atoms with Crippen molar-refractivity contribution >= 4 is 0 Å². The van der Waals surface area contributed by atoms with Crippen LogP contribution in [0.15, 0.2) is 18.2 Å². The molecule has 0 amide bonds. The lowest BCUT2D eigenvalue weighted by Crippen LogP contribution is -2.12. The molecule has 1 aliphatic carbocycles. The largest absolute Gasteiger partial charge is 0.497 e. The van der Waals surface area contributed by atoms with E-state index in [0.29, 0.717) is 5.92 Å². The van der Waals surface area contributed by atoms with Gasteiger partial charge in [0.05, 0.1) is 13.7 Å². The molecular formula is C15H23NO2. The highest BCUT2D eigenvalue weighted by Gasteiger charge is 2.17. The fourth-order valence-corrected chi connectivity index (χ4v) is 2.53. The number of ether oxygens (including phenoxy) is 2. The van der Waals surface area contributed by atoms with E-state index in [1.165, 1.54) is 25.7 Å². The zero-order chi connectivity index (χ0) is 13.0. The number of benzene rings is 1. The molecular weight excluding hydrogens is 226 g/mol. The smallest absolute Gasteiger partial charge is 0.127 e. The van der Waals surface area contributed by atoms with Crippen LogP contribution in [-0.2, 0) is 0 Å². The maximum atomic E-state index is 5.97. The van der Waals surface area contributed by atoms with E-state index in [4.69, 9.17) is 15.2 Å². The second-order valence-corrected chi connectivity index (χ2v) is 5.15. The van der Waals surface area contributed by atoms with Crippen LogP contribution >= 0.6 is 0 Å². The van der Waals surface area contributed by atoms with Gasteiger partial charge in [0.2, 0.25) is 0 Å². The summed E-state index contributed by atoms with van der Waals surface area (Å²) in [5, 5.41) is 0. The maximum Gasteiger partial charge on any atom is 0.127 e. The first-order valence-electron chi connectivity index (χ1n) is 6.77. The van der Waals surface area contributed by atoms with Gasteiger partial charge in [-0.05, 0) is 31.7 Å². The van der Waals surface area contributed by atoms with Crippen LogP contribution in [0.3, 0.4) is 0 Å². The van der Waals surface area contributed by atoms with Crippen LogP contribution in [0, 0.1) is 5.92 Å². The molecule has 1 aliphatic rings. The van der Waals surface area contributed by atoms with Gasteiger partial charge in [0.25, 0.3) is 0 Å². The molecule has 100 valence electrons. The normalized spacial score (nSPS) is 17.7. The van der Waals surface area contributed by atoms with Gasteiger partial charge in [-0.3, -0.25) is 0 Å². The van der Waals surface area contributed by atoms with Gasteiger partial charge >= 0.3 is 0 Å². The third-order valence-electron chi connectivity index (χ3n) is 3.66. The summed E-state index contributed by atoms with van der Waals surface area (Å²) in [7, 11) is 1.67. The lowest BCUT2D eigenvalue weighted by atomic mass is 10.1. The molecule has 2 N–H and O–H groups in total. The van der Waals surface area contributed by atoms with Crippen molar-refractivity contribution in [2.75, 3.05) is 13.7 Å². The Morgan fingerprint density at radius 1 is 1.33 bits per heavy atom. The third kappa shape index (κ3) is 3.16. The fraction of sp³-hybridized carbons (Fsp3) is 0.600. The Hall–Kier alpha value is -1.22. The molecule has 1 saturated carbocycles. The van der Waals surface area contributed by atoms with Crippen molar-refractivity contribution in [3.8, 4) is 11.5 Å². The van der Waals surface area contributed by atoms with E-state index in [-0.39, 0.29) is 6.04 Å². The van der Waals surface area contributed by atoms with Gasteiger partial charge in [-0.1, -0.05) is 18.9 Å². The quantitative estimate of drug-likeness (QED) is 0.871. The highest BCUT2D eigenvalue weighted by atomic mass is 16.5. The van der Waals surface area contributed by atoms with Gasteiger partial charge in [0.1, 0.15) is 11.5 Å². The Morgan fingerprint density at radius 2 is 2.06 bits per heavy atom. The predicted octanol–water partition coefficient (Wildman–Crippen LogP) is 3.28. The number of nitrogens with two attached hydrogens (primary N) is 1. The number of hydrogen-bond donors (Lipinski definition) is 1. The molecule has 1 aromatic carbocycles. The molecule has 1 atom stereocenters. The number of hydrogen-bond acceptors (Lipinski definition) is 3. The SMILES string of the molecule is COc1ccc([C@H](C)N)c(OCC2CCCC2)c1.